The molecule has 4 nitrogen and oxygen atoms in total. The standard InChI is InChI=1S/C21H29NO3/c1-6-22(18-11-13-25-21(4,5)15-18)19(23)17-9-7-8-16(14-17)10-12-20(2,3)24/h7-9,14,18,24H,6,11,13,15H2,1-5H3/t18-/m1/s1. The fraction of sp³-hybridized carbons (Fsp3) is 0.571. The van der Waals surface area contributed by atoms with Crippen LogP contribution in [0.1, 0.15) is 63.4 Å². The van der Waals surface area contributed by atoms with Crippen LogP contribution in [-0.2, 0) is 4.74 Å². The first-order valence-corrected chi connectivity index (χ1v) is 8.92. The summed E-state index contributed by atoms with van der Waals surface area (Å²) in [5, 5.41) is 9.74. The number of hydrogen-bond acceptors (Lipinski definition) is 3. The molecule has 1 aliphatic heterocycles. The third-order valence-electron chi connectivity index (χ3n) is 4.34. The topological polar surface area (TPSA) is 49.8 Å². The molecule has 0 bridgehead atoms. The van der Waals surface area contributed by atoms with E-state index in [0.29, 0.717) is 18.7 Å². The van der Waals surface area contributed by atoms with Crippen LogP contribution < -0.4 is 0 Å². The van der Waals surface area contributed by atoms with E-state index in [1.54, 1.807) is 19.9 Å². The Morgan fingerprint density at radius 3 is 2.76 bits per heavy atom. The first-order valence-electron chi connectivity index (χ1n) is 8.92. The molecule has 1 aromatic rings. The molecule has 1 aromatic carbocycles. The largest absolute Gasteiger partial charge is 0.378 e. The minimum absolute atomic E-state index is 0.0251. The van der Waals surface area contributed by atoms with E-state index in [9.17, 15) is 9.90 Å². The molecule has 0 radical (unpaired) electrons. The molecule has 1 aliphatic rings. The zero-order valence-corrected chi connectivity index (χ0v) is 15.9. The molecule has 0 spiro atoms. The highest BCUT2D eigenvalue weighted by atomic mass is 16.5. The van der Waals surface area contributed by atoms with Crippen LogP contribution in [0.4, 0.5) is 0 Å². The Kier molecular flexibility index (Phi) is 5.92. The number of aliphatic hydroxyl groups is 1. The molecule has 1 atom stereocenters. The molecule has 1 fully saturated rings. The Morgan fingerprint density at radius 1 is 1.44 bits per heavy atom. The summed E-state index contributed by atoms with van der Waals surface area (Å²) in [6.45, 7) is 10.8. The summed E-state index contributed by atoms with van der Waals surface area (Å²) in [6.07, 6.45) is 1.70. The van der Waals surface area contributed by atoms with Gasteiger partial charge >= 0.3 is 0 Å². The van der Waals surface area contributed by atoms with Crippen molar-refractivity contribution in [1.29, 1.82) is 0 Å². The molecular formula is C21H29NO3. The second-order valence-corrected chi connectivity index (χ2v) is 7.74. The van der Waals surface area contributed by atoms with E-state index in [1.165, 1.54) is 0 Å². The van der Waals surface area contributed by atoms with Gasteiger partial charge in [0.25, 0.3) is 5.91 Å². The lowest BCUT2D eigenvalue weighted by Crippen LogP contribution is -2.48. The van der Waals surface area contributed by atoms with E-state index in [2.05, 4.69) is 25.7 Å². The molecule has 136 valence electrons. The SMILES string of the molecule is CCN(C(=O)c1cccc(C#CC(C)(C)O)c1)[C@@H]1CCOC(C)(C)C1. The number of hydrogen-bond donors (Lipinski definition) is 1. The first-order chi connectivity index (χ1) is 11.6. The summed E-state index contributed by atoms with van der Waals surface area (Å²) in [5.74, 6) is 5.75. The molecule has 0 aliphatic carbocycles. The van der Waals surface area contributed by atoms with E-state index >= 15 is 0 Å². The van der Waals surface area contributed by atoms with E-state index < -0.39 is 5.60 Å². The normalized spacial score (nSPS) is 19.7. The average molecular weight is 343 g/mol. The van der Waals surface area contributed by atoms with Crippen molar-refractivity contribution in [2.24, 2.45) is 0 Å². The van der Waals surface area contributed by atoms with Crippen molar-refractivity contribution < 1.29 is 14.6 Å². The monoisotopic (exact) mass is 343 g/mol. The van der Waals surface area contributed by atoms with E-state index in [-0.39, 0.29) is 17.6 Å². The Balaban J connectivity index is 2.21. The van der Waals surface area contributed by atoms with Crippen LogP contribution in [0, 0.1) is 11.8 Å². The lowest BCUT2D eigenvalue weighted by atomic mass is 9.92. The number of benzene rings is 1. The van der Waals surface area contributed by atoms with Crippen molar-refractivity contribution in [2.75, 3.05) is 13.2 Å². The third kappa shape index (κ3) is 5.59. The van der Waals surface area contributed by atoms with Gasteiger partial charge in [0.15, 0.2) is 0 Å². The Bertz CT molecular complexity index is 676. The summed E-state index contributed by atoms with van der Waals surface area (Å²) >= 11 is 0. The minimum atomic E-state index is -1.05. The molecule has 1 heterocycles. The number of ether oxygens (including phenoxy) is 1. The summed E-state index contributed by atoms with van der Waals surface area (Å²) in [6, 6.07) is 7.50. The highest BCUT2D eigenvalue weighted by molar-refractivity contribution is 5.94. The van der Waals surface area contributed by atoms with Gasteiger partial charge in [0.2, 0.25) is 0 Å². The molecule has 0 unspecified atom stereocenters. The van der Waals surface area contributed by atoms with Crippen LogP contribution in [-0.4, -0.2) is 46.3 Å². The smallest absolute Gasteiger partial charge is 0.254 e. The van der Waals surface area contributed by atoms with Gasteiger partial charge in [-0.3, -0.25) is 4.79 Å². The van der Waals surface area contributed by atoms with Crippen LogP contribution in [0.15, 0.2) is 24.3 Å². The summed E-state index contributed by atoms with van der Waals surface area (Å²) in [7, 11) is 0. The predicted molar refractivity (Wildman–Crippen MR) is 99.4 cm³/mol. The van der Waals surface area contributed by atoms with Gasteiger partial charge in [0.05, 0.1) is 5.60 Å². The molecule has 4 heteroatoms. The second kappa shape index (κ2) is 7.59. The van der Waals surface area contributed by atoms with Gasteiger partial charge in [-0.2, -0.15) is 0 Å². The molecule has 2 rings (SSSR count). The quantitative estimate of drug-likeness (QED) is 0.857. The zero-order valence-electron chi connectivity index (χ0n) is 15.9. The van der Waals surface area contributed by atoms with Crippen LogP contribution in [0.3, 0.4) is 0 Å². The fourth-order valence-electron chi connectivity index (χ4n) is 3.15. The minimum Gasteiger partial charge on any atom is -0.378 e. The van der Waals surface area contributed by atoms with Crippen molar-refractivity contribution in [3.8, 4) is 11.8 Å². The summed E-state index contributed by atoms with van der Waals surface area (Å²) < 4.78 is 5.78. The lowest BCUT2D eigenvalue weighted by Gasteiger charge is -2.41. The van der Waals surface area contributed by atoms with Gasteiger partial charge in [-0.1, -0.05) is 17.9 Å². The molecule has 1 saturated heterocycles. The molecule has 1 N–H and O–H groups in total. The maximum absolute atomic E-state index is 13.0. The van der Waals surface area contributed by atoms with Gasteiger partial charge in [-0.15, -0.1) is 0 Å². The second-order valence-electron chi connectivity index (χ2n) is 7.74. The van der Waals surface area contributed by atoms with Crippen molar-refractivity contribution in [3.63, 3.8) is 0 Å². The number of carbonyl (C=O) groups is 1. The van der Waals surface area contributed by atoms with Crippen molar-refractivity contribution in [2.45, 2.75) is 64.7 Å². The maximum Gasteiger partial charge on any atom is 0.254 e. The van der Waals surface area contributed by atoms with Gasteiger partial charge in [0, 0.05) is 30.3 Å². The third-order valence-corrected chi connectivity index (χ3v) is 4.34. The van der Waals surface area contributed by atoms with Crippen LogP contribution in [0.5, 0.6) is 0 Å². The van der Waals surface area contributed by atoms with Crippen LogP contribution >= 0.6 is 0 Å². The number of carbonyl (C=O) groups excluding carboxylic acids is 1. The Labute approximate surface area is 151 Å². The highest BCUT2D eigenvalue weighted by Crippen LogP contribution is 2.28. The maximum atomic E-state index is 13.0. The van der Waals surface area contributed by atoms with Gasteiger partial charge in [0.1, 0.15) is 5.60 Å². The summed E-state index contributed by atoms with van der Waals surface area (Å²) in [5.41, 5.74) is 0.116. The van der Waals surface area contributed by atoms with Crippen molar-refractivity contribution >= 4 is 5.91 Å². The zero-order chi connectivity index (χ0) is 18.7. The Hall–Kier alpha value is -1.83. The van der Waals surface area contributed by atoms with E-state index in [0.717, 1.165) is 18.4 Å². The molecular weight excluding hydrogens is 314 g/mol. The van der Waals surface area contributed by atoms with Crippen molar-refractivity contribution in [1.82, 2.24) is 4.90 Å². The van der Waals surface area contributed by atoms with E-state index in [4.69, 9.17) is 4.74 Å². The highest BCUT2D eigenvalue weighted by Gasteiger charge is 2.34. The van der Waals surface area contributed by atoms with E-state index in [1.807, 2.05) is 30.0 Å². The first kappa shape index (κ1) is 19.5. The molecule has 0 aromatic heterocycles. The predicted octanol–water partition coefficient (Wildman–Crippen LogP) is 3.23. The Morgan fingerprint density at radius 2 is 2.16 bits per heavy atom. The molecule has 0 saturated carbocycles. The van der Waals surface area contributed by atoms with Crippen LogP contribution in [0.2, 0.25) is 0 Å². The number of amides is 1. The van der Waals surface area contributed by atoms with Gasteiger partial charge in [-0.05, 0) is 65.7 Å². The fourth-order valence-corrected chi connectivity index (χ4v) is 3.15. The van der Waals surface area contributed by atoms with Crippen molar-refractivity contribution in [3.05, 3.63) is 35.4 Å². The van der Waals surface area contributed by atoms with Crippen LogP contribution in [0.25, 0.3) is 0 Å². The van der Waals surface area contributed by atoms with Gasteiger partial charge < -0.3 is 14.7 Å². The number of rotatable bonds is 3. The lowest BCUT2D eigenvalue weighted by molar-refractivity contribution is -0.0777. The van der Waals surface area contributed by atoms with Gasteiger partial charge in [-0.25, -0.2) is 0 Å². The summed E-state index contributed by atoms with van der Waals surface area (Å²) in [4.78, 5) is 15.0. The molecule has 1 amide bonds. The number of nitrogens with zero attached hydrogens (tertiary/aromatic N) is 1. The average Bonchev–Trinajstić information content (AvgIpc) is 2.52. The molecule has 25 heavy (non-hydrogen) atoms.